The first-order valence-corrected chi connectivity index (χ1v) is 6.70. The van der Waals surface area contributed by atoms with Gasteiger partial charge in [0.25, 0.3) is 0 Å². The van der Waals surface area contributed by atoms with Crippen LogP contribution in [0.4, 0.5) is 0 Å². The minimum Gasteiger partial charge on any atom is -0.353 e. The Bertz CT molecular complexity index is 253. The molecule has 0 aromatic carbocycles. The second-order valence-electron chi connectivity index (χ2n) is 5.63. The lowest BCUT2D eigenvalue weighted by Gasteiger charge is -2.22. The molecule has 1 amide bonds. The molecular formula is C13H27N3O. The normalized spacial score (nSPS) is 23.4. The van der Waals surface area contributed by atoms with Crippen LogP contribution in [0.15, 0.2) is 0 Å². The van der Waals surface area contributed by atoms with Crippen molar-refractivity contribution in [3.63, 3.8) is 0 Å². The van der Waals surface area contributed by atoms with Crippen molar-refractivity contribution in [3.8, 4) is 0 Å². The summed E-state index contributed by atoms with van der Waals surface area (Å²) < 4.78 is 0. The van der Waals surface area contributed by atoms with Crippen molar-refractivity contribution in [2.45, 2.75) is 65.2 Å². The summed E-state index contributed by atoms with van der Waals surface area (Å²) in [5.74, 6) is 0.1000. The van der Waals surface area contributed by atoms with Crippen molar-refractivity contribution in [1.29, 1.82) is 0 Å². The zero-order valence-electron chi connectivity index (χ0n) is 11.8. The summed E-state index contributed by atoms with van der Waals surface area (Å²) >= 11 is 0. The Hall–Kier alpha value is -0.610. The Morgan fingerprint density at radius 1 is 1.24 bits per heavy atom. The van der Waals surface area contributed by atoms with Crippen LogP contribution < -0.4 is 10.6 Å². The van der Waals surface area contributed by atoms with E-state index in [0.717, 1.165) is 19.5 Å². The van der Waals surface area contributed by atoms with Gasteiger partial charge < -0.3 is 10.6 Å². The molecule has 1 aliphatic rings. The summed E-state index contributed by atoms with van der Waals surface area (Å²) in [6, 6.07) is 1.16. The first kappa shape index (κ1) is 14.5. The van der Waals surface area contributed by atoms with Crippen LogP contribution in [0.5, 0.6) is 0 Å². The highest BCUT2D eigenvalue weighted by molar-refractivity contribution is 5.81. The third kappa shape index (κ3) is 4.64. The monoisotopic (exact) mass is 241 g/mol. The smallest absolute Gasteiger partial charge is 0.237 e. The van der Waals surface area contributed by atoms with Crippen molar-refractivity contribution >= 4 is 5.91 Å². The molecule has 100 valence electrons. The van der Waals surface area contributed by atoms with Crippen molar-refractivity contribution in [2.24, 2.45) is 0 Å². The SMILES string of the molecule is CC(C)NC(=O)C(C)NC1CCN(C(C)C)C1. The van der Waals surface area contributed by atoms with Crippen LogP contribution in [0.1, 0.15) is 41.0 Å². The molecule has 0 aliphatic carbocycles. The van der Waals surface area contributed by atoms with E-state index in [9.17, 15) is 4.79 Å². The summed E-state index contributed by atoms with van der Waals surface area (Å²) in [4.78, 5) is 14.2. The minimum absolute atomic E-state index is 0.1000. The van der Waals surface area contributed by atoms with E-state index in [4.69, 9.17) is 0 Å². The van der Waals surface area contributed by atoms with Crippen LogP contribution in [0.25, 0.3) is 0 Å². The molecule has 1 rings (SSSR count). The topological polar surface area (TPSA) is 44.4 Å². The van der Waals surface area contributed by atoms with Gasteiger partial charge in [0.2, 0.25) is 5.91 Å². The molecule has 1 heterocycles. The molecule has 4 nitrogen and oxygen atoms in total. The second-order valence-corrected chi connectivity index (χ2v) is 5.63. The Morgan fingerprint density at radius 2 is 1.88 bits per heavy atom. The largest absolute Gasteiger partial charge is 0.353 e. The van der Waals surface area contributed by atoms with E-state index < -0.39 is 0 Å². The first-order valence-electron chi connectivity index (χ1n) is 6.70. The van der Waals surface area contributed by atoms with Gasteiger partial charge in [-0.25, -0.2) is 0 Å². The maximum atomic E-state index is 11.8. The summed E-state index contributed by atoms with van der Waals surface area (Å²) in [6.07, 6.45) is 1.14. The number of carbonyl (C=O) groups is 1. The molecule has 2 N–H and O–H groups in total. The van der Waals surface area contributed by atoms with Gasteiger partial charge >= 0.3 is 0 Å². The fourth-order valence-electron chi connectivity index (χ4n) is 2.23. The van der Waals surface area contributed by atoms with Crippen molar-refractivity contribution in [1.82, 2.24) is 15.5 Å². The summed E-state index contributed by atoms with van der Waals surface area (Å²) in [5.41, 5.74) is 0. The molecule has 0 radical (unpaired) electrons. The minimum atomic E-state index is -0.102. The predicted molar refractivity (Wildman–Crippen MR) is 71.0 cm³/mol. The summed E-state index contributed by atoms with van der Waals surface area (Å²) in [6.45, 7) is 12.5. The van der Waals surface area contributed by atoms with Gasteiger partial charge in [0.15, 0.2) is 0 Å². The molecule has 0 spiro atoms. The fraction of sp³-hybridized carbons (Fsp3) is 0.923. The molecule has 17 heavy (non-hydrogen) atoms. The molecule has 0 aromatic rings. The Balaban J connectivity index is 2.32. The second kappa shape index (κ2) is 6.36. The van der Waals surface area contributed by atoms with Crippen LogP contribution in [0, 0.1) is 0 Å². The van der Waals surface area contributed by atoms with E-state index in [1.54, 1.807) is 0 Å². The van der Waals surface area contributed by atoms with E-state index in [2.05, 4.69) is 29.4 Å². The van der Waals surface area contributed by atoms with E-state index in [1.807, 2.05) is 20.8 Å². The maximum Gasteiger partial charge on any atom is 0.237 e. The molecule has 1 fully saturated rings. The van der Waals surface area contributed by atoms with Crippen molar-refractivity contribution in [2.75, 3.05) is 13.1 Å². The van der Waals surface area contributed by atoms with Gasteiger partial charge in [0.1, 0.15) is 0 Å². The lowest BCUT2D eigenvalue weighted by molar-refractivity contribution is -0.123. The number of rotatable bonds is 5. The third-order valence-corrected chi connectivity index (χ3v) is 3.26. The highest BCUT2D eigenvalue weighted by Crippen LogP contribution is 2.12. The number of carbonyl (C=O) groups excluding carboxylic acids is 1. The van der Waals surface area contributed by atoms with Gasteiger partial charge in [-0.1, -0.05) is 0 Å². The highest BCUT2D eigenvalue weighted by atomic mass is 16.2. The zero-order chi connectivity index (χ0) is 13.0. The molecule has 0 aromatic heterocycles. The number of hydrogen-bond donors (Lipinski definition) is 2. The van der Waals surface area contributed by atoms with Crippen LogP contribution in [-0.2, 0) is 4.79 Å². The number of hydrogen-bond acceptors (Lipinski definition) is 3. The van der Waals surface area contributed by atoms with Crippen molar-refractivity contribution in [3.05, 3.63) is 0 Å². The average Bonchev–Trinajstić information content (AvgIpc) is 2.65. The van der Waals surface area contributed by atoms with Gasteiger partial charge in [-0.2, -0.15) is 0 Å². The van der Waals surface area contributed by atoms with Gasteiger partial charge in [-0.05, 0) is 47.6 Å². The average molecular weight is 241 g/mol. The first-order chi connectivity index (χ1) is 7.90. The van der Waals surface area contributed by atoms with Crippen LogP contribution in [0.2, 0.25) is 0 Å². The number of amides is 1. The molecule has 1 saturated heterocycles. The Kier molecular flexibility index (Phi) is 5.40. The third-order valence-electron chi connectivity index (χ3n) is 3.26. The van der Waals surface area contributed by atoms with Gasteiger partial charge in [0, 0.05) is 24.7 Å². The molecule has 2 atom stereocenters. The van der Waals surface area contributed by atoms with E-state index >= 15 is 0 Å². The number of nitrogens with one attached hydrogen (secondary N) is 2. The van der Waals surface area contributed by atoms with E-state index in [0.29, 0.717) is 12.1 Å². The fourth-order valence-corrected chi connectivity index (χ4v) is 2.23. The van der Waals surface area contributed by atoms with Gasteiger partial charge in [-0.15, -0.1) is 0 Å². The summed E-state index contributed by atoms with van der Waals surface area (Å²) in [5, 5.41) is 6.35. The quantitative estimate of drug-likeness (QED) is 0.754. The number of likely N-dealkylation sites (tertiary alicyclic amines) is 1. The van der Waals surface area contributed by atoms with E-state index in [-0.39, 0.29) is 18.0 Å². The standard InChI is InChI=1S/C13H27N3O/c1-9(2)14-13(17)11(5)15-12-6-7-16(8-12)10(3)4/h9-12,15H,6-8H2,1-5H3,(H,14,17). The molecule has 0 bridgehead atoms. The van der Waals surface area contributed by atoms with Crippen molar-refractivity contribution < 1.29 is 4.79 Å². The molecule has 1 aliphatic heterocycles. The van der Waals surface area contributed by atoms with Crippen LogP contribution in [0.3, 0.4) is 0 Å². The lowest BCUT2D eigenvalue weighted by atomic mass is 10.2. The van der Waals surface area contributed by atoms with Crippen LogP contribution >= 0.6 is 0 Å². The maximum absolute atomic E-state index is 11.8. The lowest BCUT2D eigenvalue weighted by Crippen LogP contribution is -2.49. The highest BCUT2D eigenvalue weighted by Gasteiger charge is 2.26. The summed E-state index contributed by atoms with van der Waals surface area (Å²) in [7, 11) is 0. The Morgan fingerprint density at radius 3 is 2.35 bits per heavy atom. The molecular weight excluding hydrogens is 214 g/mol. The van der Waals surface area contributed by atoms with Crippen LogP contribution in [-0.4, -0.2) is 48.1 Å². The van der Waals surface area contributed by atoms with Gasteiger partial charge in [0.05, 0.1) is 6.04 Å². The molecule has 0 saturated carbocycles. The molecule has 2 unspecified atom stereocenters. The number of nitrogens with zero attached hydrogens (tertiary/aromatic N) is 1. The van der Waals surface area contributed by atoms with Gasteiger partial charge in [-0.3, -0.25) is 9.69 Å². The molecule has 4 heteroatoms. The zero-order valence-corrected chi connectivity index (χ0v) is 11.8. The predicted octanol–water partition coefficient (Wildman–Crippen LogP) is 0.972. The Labute approximate surface area is 105 Å². The van der Waals surface area contributed by atoms with E-state index in [1.165, 1.54) is 0 Å².